The van der Waals surface area contributed by atoms with Crippen molar-refractivity contribution in [3.63, 3.8) is 0 Å². The SMILES string of the molecule is COc1nc(N2CCCC(F)C2)c(F)cc1CNC(=O)[C@@H]1CCCN1C(=O)OC(C)(C)C. The lowest BCUT2D eigenvalue weighted by Crippen LogP contribution is -2.47. The molecule has 3 rings (SSSR count). The van der Waals surface area contributed by atoms with Gasteiger partial charge >= 0.3 is 6.09 Å². The number of carbonyl (C=O) groups excluding carboxylic acids is 2. The molecule has 2 saturated heterocycles. The molecule has 32 heavy (non-hydrogen) atoms. The summed E-state index contributed by atoms with van der Waals surface area (Å²) in [4.78, 5) is 32.4. The Morgan fingerprint density at radius 1 is 1.25 bits per heavy atom. The summed E-state index contributed by atoms with van der Waals surface area (Å²) in [6, 6.07) is 0.603. The van der Waals surface area contributed by atoms with E-state index in [1.54, 1.807) is 25.7 Å². The van der Waals surface area contributed by atoms with E-state index in [2.05, 4.69) is 10.3 Å². The molecular weight excluding hydrogens is 422 g/mol. The van der Waals surface area contributed by atoms with Crippen LogP contribution in [-0.2, 0) is 16.1 Å². The number of methoxy groups -OCH3 is 1. The third-order valence-corrected chi connectivity index (χ3v) is 5.49. The van der Waals surface area contributed by atoms with Gasteiger partial charge in [-0.15, -0.1) is 0 Å². The van der Waals surface area contributed by atoms with Crippen molar-refractivity contribution in [3.8, 4) is 5.88 Å². The first kappa shape index (κ1) is 24.0. The average molecular weight is 455 g/mol. The average Bonchev–Trinajstić information content (AvgIpc) is 3.21. The summed E-state index contributed by atoms with van der Waals surface area (Å²) in [6.45, 7) is 6.34. The highest BCUT2D eigenvalue weighted by atomic mass is 19.1. The summed E-state index contributed by atoms with van der Waals surface area (Å²) in [6.07, 6.45) is 0.745. The van der Waals surface area contributed by atoms with Crippen LogP contribution in [0.25, 0.3) is 0 Å². The Bertz CT molecular complexity index is 846. The minimum absolute atomic E-state index is 0.0173. The number of alkyl halides is 1. The second-order valence-electron chi connectivity index (χ2n) is 9.20. The minimum atomic E-state index is -1.02. The molecule has 0 aromatic carbocycles. The normalized spacial score (nSPS) is 21.4. The number of rotatable bonds is 5. The van der Waals surface area contributed by atoms with Crippen LogP contribution in [0.5, 0.6) is 5.88 Å². The minimum Gasteiger partial charge on any atom is -0.481 e. The molecule has 2 fully saturated rings. The van der Waals surface area contributed by atoms with E-state index in [1.165, 1.54) is 18.1 Å². The number of piperidine rings is 1. The number of nitrogens with one attached hydrogen (secondary N) is 1. The monoisotopic (exact) mass is 454 g/mol. The molecule has 1 aromatic rings. The van der Waals surface area contributed by atoms with Crippen molar-refractivity contribution in [2.75, 3.05) is 31.6 Å². The highest BCUT2D eigenvalue weighted by molar-refractivity contribution is 5.86. The number of carbonyl (C=O) groups is 2. The maximum atomic E-state index is 14.8. The molecule has 2 atom stereocenters. The van der Waals surface area contributed by atoms with Gasteiger partial charge < -0.3 is 19.7 Å². The van der Waals surface area contributed by atoms with E-state index in [9.17, 15) is 18.4 Å². The Morgan fingerprint density at radius 3 is 2.62 bits per heavy atom. The van der Waals surface area contributed by atoms with Crippen LogP contribution in [0.1, 0.15) is 52.0 Å². The summed E-state index contributed by atoms with van der Waals surface area (Å²) in [5.41, 5.74) is -0.298. The number of pyridine rings is 1. The van der Waals surface area contributed by atoms with Gasteiger partial charge in [0.15, 0.2) is 11.6 Å². The summed E-state index contributed by atoms with van der Waals surface area (Å²) >= 11 is 0. The lowest BCUT2D eigenvalue weighted by Gasteiger charge is -2.30. The van der Waals surface area contributed by atoms with Gasteiger partial charge in [0.05, 0.1) is 13.7 Å². The first-order valence-corrected chi connectivity index (χ1v) is 11.0. The number of nitrogens with zero attached hydrogens (tertiary/aromatic N) is 3. The van der Waals surface area contributed by atoms with Crippen LogP contribution >= 0.6 is 0 Å². The first-order valence-electron chi connectivity index (χ1n) is 11.0. The molecule has 0 aliphatic carbocycles. The number of anilines is 1. The molecule has 2 aliphatic rings. The molecule has 178 valence electrons. The van der Waals surface area contributed by atoms with Crippen LogP contribution < -0.4 is 15.0 Å². The smallest absolute Gasteiger partial charge is 0.410 e. The van der Waals surface area contributed by atoms with Gasteiger partial charge in [-0.25, -0.2) is 13.6 Å². The number of aromatic nitrogens is 1. The molecule has 1 unspecified atom stereocenters. The molecule has 10 heteroatoms. The fourth-order valence-electron chi connectivity index (χ4n) is 4.02. The van der Waals surface area contributed by atoms with Crippen LogP contribution in [0, 0.1) is 5.82 Å². The Balaban J connectivity index is 1.67. The van der Waals surface area contributed by atoms with Gasteiger partial charge in [0.1, 0.15) is 17.8 Å². The summed E-state index contributed by atoms with van der Waals surface area (Å²) in [7, 11) is 1.41. The van der Waals surface area contributed by atoms with Crippen LogP contribution in [0.3, 0.4) is 0 Å². The van der Waals surface area contributed by atoms with Crippen molar-refractivity contribution in [1.82, 2.24) is 15.2 Å². The Morgan fingerprint density at radius 2 is 1.97 bits per heavy atom. The van der Waals surface area contributed by atoms with Crippen molar-refractivity contribution >= 4 is 17.8 Å². The molecule has 0 saturated carbocycles. The van der Waals surface area contributed by atoms with Crippen molar-refractivity contribution in [1.29, 1.82) is 0 Å². The number of hydrogen-bond donors (Lipinski definition) is 1. The lowest BCUT2D eigenvalue weighted by molar-refractivity contribution is -0.125. The van der Waals surface area contributed by atoms with Crippen LogP contribution in [-0.4, -0.2) is 66.4 Å². The molecule has 0 spiro atoms. The maximum absolute atomic E-state index is 14.8. The first-order chi connectivity index (χ1) is 15.1. The topological polar surface area (TPSA) is 84.0 Å². The number of ether oxygens (including phenoxy) is 2. The highest BCUT2D eigenvalue weighted by Gasteiger charge is 2.36. The van der Waals surface area contributed by atoms with Crippen molar-refractivity contribution in [2.24, 2.45) is 0 Å². The predicted octanol–water partition coefficient (Wildman–Crippen LogP) is 3.18. The van der Waals surface area contributed by atoms with Gasteiger partial charge in [-0.2, -0.15) is 4.98 Å². The van der Waals surface area contributed by atoms with Crippen LogP contribution in [0.15, 0.2) is 6.07 Å². The van der Waals surface area contributed by atoms with E-state index in [4.69, 9.17) is 9.47 Å². The maximum Gasteiger partial charge on any atom is 0.410 e. The zero-order chi connectivity index (χ0) is 23.5. The van der Waals surface area contributed by atoms with Crippen molar-refractivity contribution < 1.29 is 27.8 Å². The van der Waals surface area contributed by atoms with E-state index < -0.39 is 29.7 Å². The fraction of sp³-hybridized carbons (Fsp3) is 0.682. The van der Waals surface area contributed by atoms with Gasteiger partial charge in [0.25, 0.3) is 0 Å². The fourth-order valence-corrected chi connectivity index (χ4v) is 4.02. The largest absolute Gasteiger partial charge is 0.481 e. The second-order valence-corrected chi connectivity index (χ2v) is 9.20. The van der Waals surface area contributed by atoms with E-state index in [0.717, 1.165) is 0 Å². The van der Waals surface area contributed by atoms with Gasteiger partial charge in [-0.05, 0) is 52.5 Å². The number of likely N-dealkylation sites (tertiary alicyclic amines) is 1. The van der Waals surface area contributed by atoms with Gasteiger partial charge in [-0.3, -0.25) is 9.69 Å². The van der Waals surface area contributed by atoms with E-state index in [1.807, 2.05) is 0 Å². The number of amides is 2. The lowest BCUT2D eigenvalue weighted by atomic mass is 10.1. The molecule has 8 nitrogen and oxygen atoms in total. The Labute approximate surface area is 187 Å². The molecular formula is C22H32F2N4O4. The quantitative estimate of drug-likeness (QED) is 0.736. The summed E-state index contributed by atoms with van der Waals surface area (Å²) < 4.78 is 39.2. The van der Waals surface area contributed by atoms with Gasteiger partial charge in [-0.1, -0.05) is 0 Å². The Hall–Kier alpha value is -2.65. The summed E-state index contributed by atoms with van der Waals surface area (Å²) in [5, 5.41) is 2.75. The number of halogens is 2. The number of hydrogen-bond acceptors (Lipinski definition) is 6. The third-order valence-electron chi connectivity index (χ3n) is 5.49. The molecule has 0 radical (unpaired) electrons. The third kappa shape index (κ3) is 5.77. The zero-order valence-electron chi connectivity index (χ0n) is 19.1. The molecule has 0 bridgehead atoms. The second kappa shape index (κ2) is 9.87. The summed E-state index contributed by atoms with van der Waals surface area (Å²) in [5.74, 6) is -0.735. The highest BCUT2D eigenvalue weighted by Crippen LogP contribution is 2.28. The molecule has 3 heterocycles. The molecule has 1 aromatic heterocycles. The predicted molar refractivity (Wildman–Crippen MR) is 115 cm³/mol. The van der Waals surface area contributed by atoms with Gasteiger partial charge in [0, 0.05) is 25.2 Å². The van der Waals surface area contributed by atoms with Crippen LogP contribution in [0.4, 0.5) is 19.4 Å². The molecule has 1 N–H and O–H groups in total. The standard InChI is InChI=1S/C22H32F2N4O4/c1-22(2,3)32-21(30)28-10-6-8-17(28)19(29)25-12-14-11-16(24)18(26-20(14)31-4)27-9-5-7-15(23)13-27/h11,15,17H,5-10,12-13H2,1-4H3,(H,25,29)/t15?,17-/m0/s1. The van der Waals surface area contributed by atoms with E-state index >= 15 is 0 Å². The Kier molecular flexibility index (Phi) is 7.40. The van der Waals surface area contributed by atoms with Crippen LogP contribution in [0.2, 0.25) is 0 Å². The van der Waals surface area contributed by atoms with E-state index in [0.29, 0.717) is 44.3 Å². The van der Waals surface area contributed by atoms with Gasteiger partial charge in [0.2, 0.25) is 11.8 Å². The van der Waals surface area contributed by atoms with Crippen molar-refractivity contribution in [2.45, 2.75) is 70.8 Å². The van der Waals surface area contributed by atoms with E-state index in [-0.39, 0.29) is 30.7 Å². The molecule has 2 amide bonds. The molecule has 2 aliphatic heterocycles. The zero-order valence-corrected chi connectivity index (χ0v) is 19.1. The van der Waals surface area contributed by atoms with Crippen molar-refractivity contribution in [3.05, 3.63) is 17.4 Å².